The fraction of sp³-hybridized carbons (Fsp3) is 0.971. The van der Waals surface area contributed by atoms with Gasteiger partial charge >= 0.3 is 43.7 Å². The van der Waals surface area contributed by atoms with Crippen molar-refractivity contribution >= 4 is 43.7 Å². The Morgan fingerprint density at radius 2 is 0.595 bits per heavy atom. The molecule has 37 heavy (non-hydrogen) atoms. The molecule has 0 atom stereocenters. The number of unbranched alkanes of at least 4 members (excludes halogenated alkanes) is 23. The maximum atomic E-state index is 12.5. The van der Waals surface area contributed by atoms with E-state index < -0.39 is 11.4 Å². The van der Waals surface area contributed by atoms with Crippen LogP contribution in [0.3, 0.4) is 0 Å². The van der Waals surface area contributed by atoms with Gasteiger partial charge in [0.2, 0.25) is 0 Å². The zero-order valence-corrected chi connectivity index (χ0v) is 25.4. The number of carbonyl (C=O) groups is 1. The molecule has 0 fully saturated rings. The van der Waals surface area contributed by atoms with Crippen molar-refractivity contribution in [1.29, 1.82) is 0 Å². The monoisotopic (exact) mass is 551 g/mol. The van der Waals surface area contributed by atoms with E-state index in [1.54, 1.807) is 0 Å². The molecular formula is C34H70CaO2. The zero-order valence-electron chi connectivity index (χ0n) is 25.4. The molecule has 0 amide bonds. The Balaban J connectivity index is 0. The molecule has 0 saturated carbocycles. The third-order valence-corrected chi connectivity index (χ3v) is 8.48. The Labute approximate surface area is 264 Å². The van der Waals surface area contributed by atoms with Crippen molar-refractivity contribution < 1.29 is 9.90 Å². The summed E-state index contributed by atoms with van der Waals surface area (Å²) in [5.41, 5.74) is -0.452. The molecule has 0 bridgehead atoms. The summed E-state index contributed by atoms with van der Waals surface area (Å²) in [5, 5.41) is 10.3. The van der Waals surface area contributed by atoms with Gasteiger partial charge in [-0.2, -0.15) is 0 Å². The van der Waals surface area contributed by atoms with Crippen molar-refractivity contribution in [1.82, 2.24) is 0 Å². The first-order chi connectivity index (χ1) is 17.6. The molecule has 0 radical (unpaired) electrons. The zero-order chi connectivity index (χ0) is 26.6. The number of carboxylic acid groups (broad SMARTS) is 1. The Hall–Kier alpha value is 0.730. The summed E-state index contributed by atoms with van der Waals surface area (Å²) in [6.45, 7) is 6.80. The molecule has 0 heterocycles. The summed E-state index contributed by atoms with van der Waals surface area (Å²) >= 11 is 0. The maximum absolute atomic E-state index is 12.5. The molecule has 0 aromatic carbocycles. The molecule has 0 rings (SSSR count). The van der Waals surface area contributed by atoms with Crippen LogP contribution in [-0.2, 0) is 4.79 Å². The van der Waals surface area contributed by atoms with E-state index in [-0.39, 0.29) is 37.7 Å². The van der Waals surface area contributed by atoms with Gasteiger partial charge in [-0.3, -0.25) is 4.79 Å². The van der Waals surface area contributed by atoms with Gasteiger partial charge in [0.1, 0.15) is 0 Å². The topological polar surface area (TPSA) is 37.3 Å². The van der Waals surface area contributed by atoms with Crippen LogP contribution in [0.2, 0.25) is 0 Å². The van der Waals surface area contributed by atoms with Gasteiger partial charge in [-0.25, -0.2) is 0 Å². The van der Waals surface area contributed by atoms with Crippen LogP contribution >= 0.6 is 0 Å². The minimum absolute atomic E-state index is 0. The molecule has 3 heteroatoms. The van der Waals surface area contributed by atoms with Crippen LogP contribution < -0.4 is 0 Å². The molecule has 0 saturated heterocycles. The molecule has 0 spiro atoms. The standard InChI is InChI=1S/C34H68O2.Ca.2H/c1-4-7-10-13-16-17-18-19-20-21-22-23-26-29-32-34(33(35)36,30-27-24-14-11-8-5-2)31-28-25-15-12-9-6-3;;;/h4-32H2,1-3H3,(H,35,36);;;. The van der Waals surface area contributed by atoms with E-state index in [4.69, 9.17) is 0 Å². The van der Waals surface area contributed by atoms with Gasteiger partial charge in [0, 0.05) is 0 Å². The fourth-order valence-corrected chi connectivity index (χ4v) is 5.84. The summed E-state index contributed by atoms with van der Waals surface area (Å²) < 4.78 is 0. The predicted octanol–water partition coefficient (Wildman–Crippen LogP) is 11.5. The summed E-state index contributed by atoms with van der Waals surface area (Å²) in [6.07, 6.45) is 36.7. The van der Waals surface area contributed by atoms with Crippen molar-refractivity contribution in [3.8, 4) is 0 Å². The number of hydrogen-bond acceptors (Lipinski definition) is 1. The molecule has 2 nitrogen and oxygen atoms in total. The summed E-state index contributed by atoms with van der Waals surface area (Å²) in [5.74, 6) is -0.501. The second-order valence-electron chi connectivity index (χ2n) is 12.0. The van der Waals surface area contributed by atoms with Crippen molar-refractivity contribution in [2.24, 2.45) is 5.41 Å². The number of hydrogen-bond donors (Lipinski definition) is 1. The van der Waals surface area contributed by atoms with Gasteiger partial charge in [-0.15, -0.1) is 0 Å². The van der Waals surface area contributed by atoms with Crippen LogP contribution in [0.1, 0.15) is 207 Å². The molecule has 0 aliphatic heterocycles. The van der Waals surface area contributed by atoms with Gasteiger partial charge in [-0.05, 0) is 19.3 Å². The Kier molecular flexibility index (Phi) is 33.7. The molecule has 1 N–H and O–H groups in total. The van der Waals surface area contributed by atoms with Gasteiger partial charge in [-0.1, -0.05) is 188 Å². The first-order valence-electron chi connectivity index (χ1n) is 16.9. The van der Waals surface area contributed by atoms with E-state index in [1.807, 2.05) is 0 Å². The summed E-state index contributed by atoms with van der Waals surface area (Å²) in [7, 11) is 0. The first kappa shape index (κ1) is 39.9. The second kappa shape index (κ2) is 31.3. The van der Waals surface area contributed by atoms with Crippen LogP contribution in [0.25, 0.3) is 0 Å². The van der Waals surface area contributed by atoms with Crippen molar-refractivity contribution in [3.63, 3.8) is 0 Å². The molecule has 0 unspecified atom stereocenters. The van der Waals surface area contributed by atoms with Crippen LogP contribution in [0.15, 0.2) is 0 Å². The average molecular weight is 551 g/mol. The Morgan fingerprint density at radius 1 is 0.405 bits per heavy atom. The van der Waals surface area contributed by atoms with Gasteiger partial charge in [0.25, 0.3) is 0 Å². The second-order valence-corrected chi connectivity index (χ2v) is 12.0. The van der Waals surface area contributed by atoms with Gasteiger partial charge in [0.15, 0.2) is 0 Å². The van der Waals surface area contributed by atoms with E-state index >= 15 is 0 Å². The third-order valence-electron chi connectivity index (χ3n) is 8.48. The molecule has 0 aliphatic carbocycles. The van der Waals surface area contributed by atoms with E-state index in [1.165, 1.54) is 148 Å². The van der Waals surface area contributed by atoms with E-state index in [0.29, 0.717) is 0 Å². The van der Waals surface area contributed by atoms with Gasteiger partial charge < -0.3 is 5.11 Å². The van der Waals surface area contributed by atoms with Crippen LogP contribution in [0, 0.1) is 5.41 Å². The molecule has 0 aliphatic rings. The normalized spacial score (nSPS) is 11.5. The first-order valence-corrected chi connectivity index (χ1v) is 16.9. The van der Waals surface area contributed by atoms with Crippen molar-refractivity contribution in [3.05, 3.63) is 0 Å². The molecule has 220 valence electrons. The van der Waals surface area contributed by atoms with Crippen LogP contribution in [0.5, 0.6) is 0 Å². The number of rotatable bonds is 30. The van der Waals surface area contributed by atoms with Crippen molar-refractivity contribution in [2.75, 3.05) is 0 Å². The van der Waals surface area contributed by atoms with Crippen molar-refractivity contribution in [2.45, 2.75) is 207 Å². The fourth-order valence-electron chi connectivity index (χ4n) is 5.84. The number of carboxylic acids is 1. The Morgan fingerprint density at radius 3 is 0.784 bits per heavy atom. The molecule has 0 aromatic rings. The predicted molar refractivity (Wildman–Crippen MR) is 170 cm³/mol. The van der Waals surface area contributed by atoms with Crippen LogP contribution in [-0.4, -0.2) is 48.8 Å². The minimum atomic E-state index is -0.501. The van der Waals surface area contributed by atoms with Gasteiger partial charge in [0.05, 0.1) is 5.41 Å². The summed E-state index contributed by atoms with van der Waals surface area (Å²) in [6, 6.07) is 0. The quantitative estimate of drug-likeness (QED) is 0.0713. The van der Waals surface area contributed by atoms with E-state index in [0.717, 1.165) is 38.5 Å². The molecular weight excluding hydrogens is 480 g/mol. The average Bonchev–Trinajstić information content (AvgIpc) is 2.87. The van der Waals surface area contributed by atoms with E-state index in [9.17, 15) is 9.90 Å². The number of aliphatic carboxylic acids is 1. The third kappa shape index (κ3) is 25.4. The van der Waals surface area contributed by atoms with Crippen LogP contribution in [0.4, 0.5) is 0 Å². The molecule has 0 aromatic heterocycles. The van der Waals surface area contributed by atoms with E-state index in [2.05, 4.69) is 20.8 Å². The SMILES string of the molecule is CCCCCCCCCCCCCCCCC(CCCCCCCC)(CCCCCCCC)C(=O)O.[CaH2]. The Bertz CT molecular complexity index is 435. The summed E-state index contributed by atoms with van der Waals surface area (Å²) in [4.78, 5) is 12.5.